The molecule has 1 saturated heterocycles. The predicted octanol–water partition coefficient (Wildman–Crippen LogP) is 2.63. The first-order valence-electron chi connectivity index (χ1n) is 6.03. The monoisotopic (exact) mass is 288 g/mol. The smallest absolute Gasteiger partial charge is 0.251 e. The molecule has 1 aliphatic rings. The fourth-order valence-corrected chi connectivity index (χ4v) is 2.25. The Morgan fingerprint density at radius 3 is 2.94 bits per heavy atom. The van der Waals surface area contributed by atoms with Crippen LogP contribution < -0.4 is 10.6 Å². The number of nitrogens with one attached hydrogen (secondary N) is 2. The van der Waals surface area contributed by atoms with Crippen LogP contribution in [-0.2, 0) is 0 Å². The van der Waals surface area contributed by atoms with E-state index in [0.717, 1.165) is 32.4 Å². The summed E-state index contributed by atoms with van der Waals surface area (Å²) in [6.07, 6.45) is 3.14. The first-order valence-corrected chi connectivity index (χ1v) is 6.40. The molecule has 2 N–H and O–H groups in total. The highest BCUT2D eigenvalue weighted by Crippen LogP contribution is 2.12. The molecule has 2 rings (SSSR count). The van der Waals surface area contributed by atoms with Crippen LogP contribution in [0.25, 0.3) is 0 Å². The summed E-state index contributed by atoms with van der Waals surface area (Å²) in [7, 11) is 0. The van der Waals surface area contributed by atoms with Gasteiger partial charge in [-0.2, -0.15) is 0 Å². The van der Waals surface area contributed by atoms with Crippen LogP contribution in [0.15, 0.2) is 24.3 Å². The molecule has 1 unspecified atom stereocenters. The minimum atomic E-state index is -0.0283. The normalized spacial score (nSPS) is 19.5. The molecule has 100 valence electrons. The zero-order valence-corrected chi connectivity index (χ0v) is 11.7. The second kappa shape index (κ2) is 7.62. The first-order chi connectivity index (χ1) is 8.25. The fourth-order valence-electron chi connectivity index (χ4n) is 2.06. The standard InChI is InChI=1S/C13H17ClN2O.ClH/c14-11-4-1-3-10(9-11)13(17)16-12-5-2-7-15-8-6-12;/h1,3-4,9,12,15H,2,5-8H2,(H,16,17);1H. The van der Waals surface area contributed by atoms with E-state index in [1.807, 2.05) is 0 Å². The number of amides is 1. The molecule has 1 atom stereocenters. The molecule has 1 fully saturated rings. The topological polar surface area (TPSA) is 41.1 Å². The van der Waals surface area contributed by atoms with Crippen LogP contribution in [0.4, 0.5) is 0 Å². The average Bonchev–Trinajstić information content (AvgIpc) is 2.57. The molecule has 0 saturated carbocycles. The molecule has 3 nitrogen and oxygen atoms in total. The quantitative estimate of drug-likeness (QED) is 0.878. The Bertz CT molecular complexity index is 390. The van der Waals surface area contributed by atoms with E-state index in [4.69, 9.17) is 11.6 Å². The lowest BCUT2D eigenvalue weighted by atomic mass is 10.1. The molecule has 0 spiro atoms. The van der Waals surface area contributed by atoms with Crippen molar-refractivity contribution in [3.63, 3.8) is 0 Å². The molecule has 18 heavy (non-hydrogen) atoms. The summed E-state index contributed by atoms with van der Waals surface area (Å²) in [5.41, 5.74) is 0.634. The van der Waals surface area contributed by atoms with Gasteiger partial charge in [-0.25, -0.2) is 0 Å². The minimum Gasteiger partial charge on any atom is -0.349 e. The van der Waals surface area contributed by atoms with Crippen molar-refractivity contribution in [1.29, 1.82) is 0 Å². The van der Waals surface area contributed by atoms with Gasteiger partial charge < -0.3 is 10.6 Å². The van der Waals surface area contributed by atoms with Crippen LogP contribution in [0, 0.1) is 0 Å². The molecule has 0 aromatic heterocycles. The van der Waals surface area contributed by atoms with Crippen molar-refractivity contribution in [1.82, 2.24) is 10.6 Å². The van der Waals surface area contributed by atoms with Crippen LogP contribution in [-0.4, -0.2) is 25.0 Å². The van der Waals surface area contributed by atoms with E-state index in [0.29, 0.717) is 10.6 Å². The van der Waals surface area contributed by atoms with Gasteiger partial charge in [-0.3, -0.25) is 4.79 Å². The van der Waals surface area contributed by atoms with Gasteiger partial charge in [0, 0.05) is 16.6 Å². The minimum absolute atomic E-state index is 0. The Morgan fingerprint density at radius 2 is 2.17 bits per heavy atom. The highest BCUT2D eigenvalue weighted by Gasteiger charge is 2.15. The van der Waals surface area contributed by atoms with Gasteiger partial charge in [0.05, 0.1) is 0 Å². The van der Waals surface area contributed by atoms with Crippen LogP contribution in [0.2, 0.25) is 5.02 Å². The lowest BCUT2D eigenvalue weighted by Gasteiger charge is -2.15. The summed E-state index contributed by atoms with van der Waals surface area (Å²) in [5, 5.41) is 6.99. The number of carbonyl (C=O) groups is 1. The fraction of sp³-hybridized carbons (Fsp3) is 0.462. The molecular weight excluding hydrogens is 271 g/mol. The summed E-state index contributed by atoms with van der Waals surface area (Å²) in [6.45, 7) is 2.02. The molecule has 1 aromatic rings. The zero-order chi connectivity index (χ0) is 12.1. The third-order valence-corrected chi connectivity index (χ3v) is 3.23. The van der Waals surface area contributed by atoms with E-state index in [1.165, 1.54) is 0 Å². The Labute approximate surface area is 119 Å². The average molecular weight is 289 g/mol. The maximum atomic E-state index is 12.0. The number of carbonyl (C=O) groups excluding carboxylic acids is 1. The van der Waals surface area contributed by atoms with Crippen molar-refractivity contribution in [2.45, 2.75) is 25.3 Å². The van der Waals surface area contributed by atoms with Crippen LogP contribution >= 0.6 is 24.0 Å². The molecule has 0 aliphatic carbocycles. The molecular formula is C13H18Cl2N2O. The number of halogens is 2. The van der Waals surface area contributed by atoms with Gasteiger partial charge in [0.25, 0.3) is 5.91 Å². The van der Waals surface area contributed by atoms with Gasteiger partial charge in [-0.1, -0.05) is 17.7 Å². The Hall–Kier alpha value is -0.770. The van der Waals surface area contributed by atoms with Gasteiger partial charge >= 0.3 is 0 Å². The Morgan fingerprint density at radius 1 is 1.33 bits per heavy atom. The SMILES string of the molecule is Cl.O=C(NC1CCCNCC1)c1cccc(Cl)c1. The maximum absolute atomic E-state index is 12.0. The van der Waals surface area contributed by atoms with Gasteiger partial charge in [0.15, 0.2) is 0 Å². The number of hydrogen-bond acceptors (Lipinski definition) is 2. The van der Waals surface area contributed by atoms with Crippen molar-refractivity contribution >= 4 is 29.9 Å². The molecule has 1 aromatic carbocycles. The van der Waals surface area contributed by atoms with Crippen molar-refractivity contribution in [2.75, 3.05) is 13.1 Å². The molecule has 1 aliphatic heterocycles. The third kappa shape index (κ3) is 4.48. The third-order valence-electron chi connectivity index (χ3n) is 3.00. The zero-order valence-electron chi connectivity index (χ0n) is 10.1. The first kappa shape index (κ1) is 15.3. The van der Waals surface area contributed by atoms with Crippen molar-refractivity contribution in [2.24, 2.45) is 0 Å². The number of hydrogen-bond donors (Lipinski definition) is 2. The largest absolute Gasteiger partial charge is 0.349 e. The van der Waals surface area contributed by atoms with Crippen LogP contribution in [0.3, 0.4) is 0 Å². The summed E-state index contributed by atoms with van der Waals surface area (Å²) in [4.78, 5) is 12.0. The van der Waals surface area contributed by atoms with E-state index in [2.05, 4.69) is 10.6 Å². The van der Waals surface area contributed by atoms with Gasteiger partial charge in [0.1, 0.15) is 0 Å². The second-order valence-electron chi connectivity index (χ2n) is 4.36. The van der Waals surface area contributed by atoms with E-state index in [1.54, 1.807) is 24.3 Å². The summed E-state index contributed by atoms with van der Waals surface area (Å²) in [6, 6.07) is 7.33. The van der Waals surface area contributed by atoms with Crippen molar-refractivity contribution in [3.8, 4) is 0 Å². The Balaban J connectivity index is 0.00000162. The van der Waals surface area contributed by atoms with E-state index >= 15 is 0 Å². The van der Waals surface area contributed by atoms with Gasteiger partial charge in [-0.05, 0) is 50.6 Å². The number of rotatable bonds is 2. The van der Waals surface area contributed by atoms with E-state index in [9.17, 15) is 4.79 Å². The number of benzene rings is 1. The lowest BCUT2D eigenvalue weighted by molar-refractivity contribution is 0.0934. The van der Waals surface area contributed by atoms with Gasteiger partial charge in [-0.15, -0.1) is 12.4 Å². The highest BCUT2D eigenvalue weighted by molar-refractivity contribution is 6.30. The van der Waals surface area contributed by atoms with Crippen LogP contribution in [0.1, 0.15) is 29.6 Å². The van der Waals surface area contributed by atoms with Crippen molar-refractivity contribution in [3.05, 3.63) is 34.9 Å². The molecule has 1 heterocycles. The van der Waals surface area contributed by atoms with Crippen molar-refractivity contribution < 1.29 is 4.79 Å². The molecule has 0 bridgehead atoms. The summed E-state index contributed by atoms with van der Waals surface area (Å²) >= 11 is 5.87. The molecule has 5 heteroatoms. The maximum Gasteiger partial charge on any atom is 0.251 e. The molecule has 0 radical (unpaired) electrons. The summed E-state index contributed by atoms with van der Waals surface area (Å²) in [5.74, 6) is -0.0283. The van der Waals surface area contributed by atoms with Gasteiger partial charge in [0.2, 0.25) is 0 Å². The molecule has 1 amide bonds. The predicted molar refractivity (Wildman–Crippen MR) is 76.7 cm³/mol. The Kier molecular flexibility index (Phi) is 6.47. The lowest BCUT2D eigenvalue weighted by Crippen LogP contribution is -2.35. The van der Waals surface area contributed by atoms with Crippen LogP contribution in [0.5, 0.6) is 0 Å². The van der Waals surface area contributed by atoms with E-state index in [-0.39, 0.29) is 24.4 Å². The summed E-state index contributed by atoms with van der Waals surface area (Å²) < 4.78 is 0. The second-order valence-corrected chi connectivity index (χ2v) is 4.80. The highest BCUT2D eigenvalue weighted by atomic mass is 35.5. The van der Waals surface area contributed by atoms with E-state index < -0.39 is 0 Å².